The molecule has 0 heterocycles. The highest BCUT2D eigenvalue weighted by molar-refractivity contribution is 5.69. The van der Waals surface area contributed by atoms with Crippen molar-refractivity contribution in [2.24, 2.45) is 5.92 Å². The van der Waals surface area contributed by atoms with E-state index in [0.29, 0.717) is 0 Å². The zero-order chi connectivity index (χ0) is 5.14. The van der Waals surface area contributed by atoms with Crippen molar-refractivity contribution in [3.8, 4) is 0 Å². The second kappa shape index (κ2) is 0.732. The standard InChI is InChI=1S/C8H6/c1-2-5-6(3-1)8-4-7(5)8/h1-3,7H,4H2. The maximum absolute atomic E-state index is 2.25. The maximum atomic E-state index is 2.25. The van der Waals surface area contributed by atoms with Gasteiger partial charge in [0.05, 0.1) is 0 Å². The van der Waals surface area contributed by atoms with E-state index in [1.54, 1.807) is 16.7 Å². The third kappa shape index (κ3) is 0.172. The summed E-state index contributed by atoms with van der Waals surface area (Å²) in [5.74, 6) is 0.931. The third-order valence-corrected chi connectivity index (χ3v) is 2.26. The lowest BCUT2D eigenvalue weighted by Gasteiger charge is -2.09. The van der Waals surface area contributed by atoms with Crippen LogP contribution < -0.4 is 0 Å². The van der Waals surface area contributed by atoms with Gasteiger partial charge < -0.3 is 0 Å². The summed E-state index contributed by atoms with van der Waals surface area (Å²) in [4.78, 5) is 0. The molecule has 0 nitrogen and oxygen atoms in total. The topological polar surface area (TPSA) is 0 Å². The lowest BCUT2D eigenvalue weighted by Crippen LogP contribution is -1.94. The Labute approximate surface area is 48.2 Å². The van der Waals surface area contributed by atoms with Crippen molar-refractivity contribution < 1.29 is 0 Å². The minimum atomic E-state index is 0.931. The second-order valence-electron chi connectivity index (χ2n) is 2.68. The van der Waals surface area contributed by atoms with Gasteiger partial charge in [-0.2, -0.15) is 0 Å². The summed E-state index contributed by atoms with van der Waals surface area (Å²) >= 11 is 0. The van der Waals surface area contributed by atoms with Gasteiger partial charge in [-0.25, -0.2) is 0 Å². The van der Waals surface area contributed by atoms with Crippen LogP contribution in [0.1, 0.15) is 6.42 Å². The van der Waals surface area contributed by atoms with E-state index in [1.165, 1.54) is 6.42 Å². The second-order valence-corrected chi connectivity index (χ2v) is 2.68. The van der Waals surface area contributed by atoms with Crippen molar-refractivity contribution in [2.75, 3.05) is 0 Å². The molecule has 0 radical (unpaired) electrons. The lowest BCUT2D eigenvalue weighted by atomic mass is 9.95. The van der Waals surface area contributed by atoms with Gasteiger partial charge in [0.2, 0.25) is 0 Å². The van der Waals surface area contributed by atoms with Gasteiger partial charge in [-0.15, -0.1) is 0 Å². The molecule has 0 saturated heterocycles. The van der Waals surface area contributed by atoms with Gasteiger partial charge in [0.1, 0.15) is 0 Å². The summed E-state index contributed by atoms with van der Waals surface area (Å²) in [5, 5.41) is 0. The molecule has 1 saturated carbocycles. The molecule has 1 unspecified atom stereocenters. The van der Waals surface area contributed by atoms with Crippen molar-refractivity contribution in [3.63, 3.8) is 0 Å². The van der Waals surface area contributed by atoms with Crippen LogP contribution in [0, 0.1) is 5.92 Å². The highest BCUT2D eigenvalue weighted by Crippen LogP contribution is 2.60. The molecule has 0 bridgehead atoms. The van der Waals surface area contributed by atoms with Crippen LogP contribution in [0.15, 0.2) is 34.9 Å². The summed E-state index contributed by atoms with van der Waals surface area (Å²) in [7, 11) is 0. The van der Waals surface area contributed by atoms with Crippen LogP contribution in [0.25, 0.3) is 0 Å². The zero-order valence-electron chi connectivity index (χ0n) is 4.52. The van der Waals surface area contributed by atoms with Crippen LogP contribution in [0.3, 0.4) is 0 Å². The molecule has 1 atom stereocenters. The molecule has 0 spiro atoms. The van der Waals surface area contributed by atoms with E-state index in [2.05, 4.69) is 18.2 Å². The van der Waals surface area contributed by atoms with Gasteiger partial charge >= 0.3 is 0 Å². The number of rotatable bonds is 0. The van der Waals surface area contributed by atoms with Crippen molar-refractivity contribution in [3.05, 3.63) is 34.9 Å². The molecule has 0 N–H and O–H groups in total. The van der Waals surface area contributed by atoms with Gasteiger partial charge in [-0.3, -0.25) is 0 Å². The number of hydrogen-bond donors (Lipinski definition) is 0. The Morgan fingerprint density at radius 1 is 1.50 bits per heavy atom. The van der Waals surface area contributed by atoms with Gasteiger partial charge in [0.25, 0.3) is 0 Å². The van der Waals surface area contributed by atoms with Crippen LogP contribution in [-0.2, 0) is 0 Å². The first-order chi connectivity index (χ1) is 3.97. The van der Waals surface area contributed by atoms with E-state index in [0.717, 1.165) is 5.92 Å². The Kier molecular flexibility index (Phi) is 0.301. The Balaban J connectivity index is 2.41. The summed E-state index contributed by atoms with van der Waals surface area (Å²) < 4.78 is 0. The molecule has 0 amide bonds. The minimum Gasteiger partial charge on any atom is -0.0613 e. The lowest BCUT2D eigenvalue weighted by molar-refractivity contribution is 1.03. The largest absolute Gasteiger partial charge is 0.0613 e. The first-order valence-electron chi connectivity index (χ1n) is 3.08. The molecule has 38 valence electrons. The predicted octanol–water partition coefficient (Wildman–Crippen LogP) is 1.81. The van der Waals surface area contributed by atoms with Gasteiger partial charge in [0.15, 0.2) is 0 Å². The fourth-order valence-corrected chi connectivity index (χ4v) is 1.71. The fourth-order valence-electron chi connectivity index (χ4n) is 1.71. The van der Waals surface area contributed by atoms with Gasteiger partial charge in [-0.1, -0.05) is 23.8 Å². The molecule has 0 aromatic carbocycles. The first kappa shape index (κ1) is 3.29. The highest BCUT2D eigenvalue weighted by Gasteiger charge is 2.46. The summed E-state index contributed by atoms with van der Waals surface area (Å²) in [6.07, 6.45) is 8.01. The monoisotopic (exact) mass is 102 g/mol. The molecule has 3 aliphatic carbocycles. The Bertz CT molecular complexity index is 244. The zero-order valence-corrected chi connectivity index (χ0v) is 4.52. The maximum Gasteiger partial charge on any atom is 0.0101 e. The molecule has 0 aliphatic heterocycles. The molecule has 3 rings (SSSR count). The minimum absolute atomic E-state index is 0.931. The van der Waals surface area contributed by atoms with Gasteiger partial charge in [-0.05, 0) is 17.6 Å². The van der Waals surface area contributed by atoms with Crippen LogP contribution in [0.2, 0.25) is 0 Å². The van der Waals surface area contributed by atoms with Crippen molar-refractivity contribution in [1.29, 1.82) is 0 Å². The van der Waals surface area contributed by atoms with E-state index in [1.807, 2.05) is 0 Å². The average molecular weight is 102 g/mol. The third-order valence-electron chi connectivity index (χ3n) is 2.26. The summed E-state index contributed by atoms with van der Waals surface area (Å²) in [6, 6.07) is 0. The summed E-state index contributed by atoms with van der Waals surface area (Å²) in [6.45, 7) is 0. The average Bonchev–Trinajstić information content (AvgIpc) is 2.34. The normalized spacial score (nSPS) is 36.0. The molecule has 3 aliphatic rings. The summed E-state index contributed by atoms with van der Waals surface area (Å²) in [5.41, 5.74) is 4.89. The first-order valence-corrected chi connectivity index (χ1v) is 3.08. The van der Waals surface area contributed by atoms with Crippen molar-refractivity contribution in [1.82, 2.24) is 0 Å². The molecular weight excluding hydrogens is 96.1 g/mol. The van der Waals surface area contributed by atoms with Crippen LogP contribution in [-0.4, -0.2) is 0 Å². The SMILES string of the molecule is C1=CC2=C3CC3C2=C1. The number of fused-ring (bicyclic) bond motifs is 3. The molecular formula is C8H6. The van der Waals surface area contributed by atoms with E-state index in [4.69, 9.17) is 0 Å². The van der Waals surface area contributed by atoms with Crippen LogP contribution in [0.5, 0.6) is 0 Å². The smallest absolute Gasteiger partial charge is 0.0101 e. The molecule has 8 heavy (non-hydrogen) atoms. The van der Waals surface area contributed by atoms with E-state index < -0.39 is 0 Å². The Morgan fingerprint density at radius 2 is 2.50 bits per heavy atom. The highest BCUT2D eigenvalue weighted by atomic mass is 14.5. The molecule has 0 aromatic heterocycles. The molecule has 1 fully saturated rings. The predicted molar refractivity (Wildman–Crippen MR) is 32.4 cm³/mol. The quantitative estimate of drug-likeness (QED) is 0.437. The molecule has 0 heteroatoms. The Morgan fingerprint density at radius 3 is 3.38 bits per heavy atom. The number of hydrogen-bond acceptors (Lipinski definition) is 0. The number of allylic oxidation sites excluding steroid dienone is 6. The van der Waals surface area contributed by atoms with Crippen LogP contribution >= 0.6 is 0 Å². The van der Waals surface area contributed by atoms with Crippen molar-refractivity contribution >= 4 is 0 Å². The van der Waals surface area contributed by atoms with Crippen LogP contribution in [0.4, 0.5) is 0 Å². The van der Waals surface area contributed by atoms with Crippen molar-refractivity contribution in [2.45, 2.75) is 6.42 Å². The van der Waals surface area contributed by atoms with E-state index >= 15 is 0 Å². The van der Waals surface area contributed by atoms with E-state index in [-0.39, 0.29) is 0 Å². The fraction of sp³-hybridized carbons (Fsp3) is 0.250. The van der Waals surface area contributed by atoms with E-state index in [9.17, 15) is 0 Å². The molecule has 0 aromatic rings. The van der Waals surface area contributed by atoms with Gasteiger partial charge in [0, 0.05) is 5.92 Å². The Hall–Kier alpha value is -0.780.